The second kappa shape index (κ2) is 4.18. The summed E-state index contributed by atoms with van der Waals surface area (Å²) in [5.41, 5.74) is 5.71. The maximum Gasteiger partial charge on any atom is 0.133 e. The van der Waals surface area contributed by atoms with Crippen molar-refractivity contribution in [1.82, 2.24) is 9.78 Å². The van der Waals surface area contributed by atoms with Crippen molar-refractivity contribution in [1.29, 1.82) is 0 Å². The van der Waals surface area contributed by atoms with E-state index in [4.69, 9.17) is 5.73 Å². The molecule has 1 aromatic heterocycles. The van der Waals surface area contributed by atoms with E-state index in [9.17, 15) is 4.39 Å². The van der Waals surface area contributed by atoms with Crippen molar-refractivity contribution in [3.8, 4) is 0 Å². The summed E-state index contributed by atoms with van der Waals surface area (Å²) in [7, 11) is 1.87. The average Bonchev–Trinajstić information content (AvgIpc) is 2.55. The van der Waals surface area contributed by atoms with Crippen LogP contribution in [0.3, 0.4) is 0 Å². The van der Waals surface area contributed by atoms with Gasteiger partial charge in [-0.05, 0) is 12.8 Å². The van der Waals surface area contributed by atoms with E-state index in [1.807, 2.05) is 18.0 Å². The molecule has 84 valence electrons. The van der Waals surface area contributed by atoms with E-state index >= 15 is 0 Å². The molecule has 2 unspecified atom stereocenters. The molecule has 15 heavy (non-hydrogen) atoms. The van der Waals surface area contributed by atoms with E-state index in [1.165, 1.54) is 0 Å². The molecule has 2 atom stereocenters. The van der Waals surface area contributed by atoms with Crippen molar-refractivity contribution in [3.05, 3.63) is 12.3 Å². The zero-order valence-corrected chi connectivity index (χ0v) is 8.93. The van der Waals surface area contributed by atoms with E-state index in [2.05, 4.69) is 5.10 Å². The minimum Gasteiger partial charge on any atom is -0.354 e. The van der Waals surface area contributed by atoms with Crippen LogP contribution < -0.4 is 10.6 Å². The number of aromatic nitrogens is 2. The van der Waals surface area contributed by atoms with E-state index in [-0.39, 0.29) is 6.04 Å². The summed E-state index contributed by atoms with van der Waals surface area (Å²) >= 11 is 0. The first-order chi connectivity index (χ1) is 7.18. The van der Waals surface area contributed by atoms with Gasteiger partial charge in [0.15, 0.2) is 0 Å². The lowest BCUT2D eigenvalue weighted by Gasteiger charge is -2.23. The standard InChI is InChI=1S/C10H17FN4/c1-14-10(4-5-13-14)15-6-2-3-9(12)8(11)7-15/h4-5,8-9H,2-3,6-7,12H2,1H3. The Morgan fingerprint density at radius 1 is 1.60 bits per heavy atom. The Hall–Kier alpha value is -1.10. The lowest BCUT2D eigenvalue weighted by atomic mass is 10.1. The number of anilines is 1. The molecule has 2 N–H and O–H groups in total. The molecular weight excluding hydrogens is 195 g/mol. The van der Waals surface area contributed by atoms with Gasteiger partial charge in [-0.15, -0.1) is 0 Å². The van der Waals surface area contributed by atoms with Crippen LogP contribution in [0.4, 0.5) is 10.2 Å². The van der Waals surface area contributed by atoms with Gasteiger partial charge >= 0.3 is 0 Å². The van der Waals surface area contributed by atoms with Gasteiger partial charge in [0.25, 0.3) is 0 Å². The van der Waals surface area contributed by atoms with E-state index < -0.39 is 6.17 Å². The topological polar surface area (TPSA) is 47.1 Å². The third kappa shape index (κ3) is 2.12. The summed E-state index contributed by atoms with van der Waals surface area (Å²) in [5.74, 6) is 0.965. The molecule has 0 radical (unpaired) electrons. The molecule has 0 aliphatic carbocycles. The Morgan fingerprint density at radius 3 is 3.07 bits per heavy atom. The van der Waals surface area contributed by atoms with E-state index in [0.29, 0.717) is 6.54 Å². The van der Waals surface area contributed by atoms with Gasteiger partial charge < -0.3 is 10.6 Å². The van der Waals surface area contributed by atoms with Gasteiger partial charge in [-0.3, -0.25) is 4.68 Å². The minimum atomic E-state index is -0.942. The van der Waals surface area contributed by atoms with Crippen molar-refractivity contribution in [2.75, 3.05) is 18.0 Å². The van der Waals surface area contributed by atoms with Gasteiger partial charge in [0.2, 0.25) is 0 Å². The summed E-state index contributed by atoms with van der Waals surface area (Å²) in [6, 6.07) is 1.59. The molecule has 5 heteroatoms. The predicted molar refractivity (Wildman–Crippen MR) is 57.5 cm³/mol. The highest BCUT2D eigenvalue weighted by Gasteiger charge is 2.25. The molecule has 1 saturated heterocycles. The number of nitrogens with zero attached hydrogens (tertiary/aromatic N) is 3. The van der Waals surface area contributed by atoms with Crippen LogP contribution in [0.1, 0.15) is 12.8 Å². The van der Waals surface area contributed by atoms with Crippen LogP contribution in [0.25, 0.3) is 0 Å². The first-order valence-corrected chi connectivity index (χ1v) is 5.31. The molecule has 0 bridgehead atoms. The number of nitrogens with two attached hydrogens (primary N) is 1. The minimum absolute atomic E-state index is 0.316. The van der Waals surface area contributed by atoms with E-state index in [0.717, 1.165) is 25.2 Å². The smallest absolute Gasteiger partial charge is 0.133 e. The van der Waals surface area contributed by atoms with Crippen molar-refractivity contribution in [3.63, 3.8) is 0 Å². The summed E-state index contributed by atoms with van der Waals surface area (Å²) in [4.78, 5) is 2.02. The van der Waals surface area contributed by atoms with Crippen LogP contribution in [-0.2, 0) is 7.05 Å². The number of aryl methyl sites for hydroxylation is 1. The third-order valence-corrected chi connectivity index (χ3v) is 2.94. The quantitative estimate of drug-likeness (QED) is 0.745. The number of halogens is 1. The Balaban J connectivity index is 2.13. The second-order valence-corrected chi connectivity index (χ2v) is 4.08. The van der Waals surface area contributed by atoms with Crippen molar-refractivity contribution >= 4 is 5.82 Å². The number of alkyl halides is 1. The van der Waals surface area contributed by atoms with Crippen LogP contribution in [0, 0.1) is 0 Å². The van der Waals surface area contributed by atoms with Crippen molar-refractivity contribution in [2.24, 2.45) is 12.8 Å². The van der Waals surface area contributed by atoms with Gasteiger partial charge in [-0.1, -0.05) is 0 Å². The normalized spacial score (nSPS) is 27.8. The van der Waals surface area contributed by atoms with Crippen LogP contribution >= 0.6 is 0 Å². The molecule has 0 saturated carbocycles. The second-order valence-electron chi connectivity index (χ2n) is 4.08. The molecule has 1 fully saturated rings. The van der Waals surface area contributed by atoms with Crippen LogP contribution in [0.2, 0.25) is 0 Å². The van der Waals surface area contributed by atoms with Gasteiger partial charge in [0.05, 0.1) is 12.7 Å². The zero-order chi connectivity index (χ0) is 10.8. The first kappa shape index (κ1) is 10.4. The summed E-state index contributed by atoms with van der Waals surface area (Å²) in [5, 5.41) is 4.09. The fourth-order valence-electron chi connectivity index (χ4n) is 2.02. The number of rotatable bonds is 1. The summed E-state index contributed by atoms with van der Waals surface area (Å²) < 4.78 is 15.4. The Bertz CT molecular complexity index is 325. The van der Waals surface area contributed by atoms with Crippen LogP contribution in [-0.4, -0.2) is 35.1 Å². The Kier molecular flexibility index (Phi) is 2.90. The highest BCUT2D eigenvalue weighted by atomic mass is 19.1. The molecule has 2 heterocycles. The van der Waals surface area contributed by atoms with Gasteiger partial charge in [-0.25, -0.2) is 4.39 Å². The fraction of sp³-hybridized carbons (Fsp3) is 0.700. The highest BCUT2D eigenvalue weighted by Crippen LogP contribution is 2.19. The molecular formula is C10H17FN4. The average molecular weight is 212 g/mol. The molecule has 2 rings (SSSR count). The monoisotopic (exact) mass is 212 g/mol. The molecule has 1 aliphatic rings. The van der Waals surface area contributed by atoms with Crippen LogP contribution in [0.5, 0.6) is 0 Å². The van der Waals surface area contributed by atoms with E-state index in [1.54, 1.807) is 10.9 Å². The maximum absolute atomic E-state index is 13.6. The van der Waals surface area contributed by atoms with Gasteiger partial charge in [0, 0.05) is 25.7 Å². The summed E-state index contributed by atoms with van der Waals surface area (Å²) in [6.07, 6.45) is 2.48. The molecule has 0 amide bonds. The molecule has 0 aromatic carbocycles. The molecule has 1 aliphatic heterocycles. The van der Waals surface area contributed by atoms with Gasteiger partial charge in [0.1, 0.15) is 12.0 Å². The zero-order valence-electron chi connectivity index (χ0n) is 8.93. The summed E-state index contributed by atoms with van der Waals surface area (Å²) in [6.45, 7) is 1.23. The molecule has 0 spiro atoms. The first-order valence-electron chi connectivity index (χ1n) is 5.31. The van der Waals surface area contributed by atoms with Crippen molar-refractivity contribution in [2.45, 2.75) is 25.1 Å². The Morgan fingerprint density at radius 2 is 2.40 bits per heavy atom. The highest BCUT2D eigenvalue weighted by molar-refractivity contribution is 5.38. The largest absolute Gasteiger partial charge is 0.354 e. The Labute approximate surface area is 88.9 Å². The molecule has 4 nitrogen and oxygen atoms in total. The SMILES string of the molecule is Cn1nccc1N1CCCC(N)C(F)C1. The lowest BCUT2D eigenvalue weighted by molar-refractivity contribution is 0.287. The number of hydrogen-bond acceptors (Lipinski definition) is 3. The lowest BCUT2D eigenvalue weighted by Crippen LogP contribution is -2.38. The van der Waals surface area contributed by atoms with Crippen molar-refractivity contribution < 1.29 is 4.39 Å². The number of hydrogen-bond donors (Lipinski definition) is 1. The maximum atomic E-state index is 13.6. The fourth-order valence-corrected chi connectivity index (χ4v) is 2.02. The third-order valence-electron chi connectivity index (χ3n) is 2.94. The molecule has 1 aromatic rings. The predicted octanol–water partition coefficient (Wildman–Crippen LogP) is 0.686. The van der Waals surface area contributed by atoms with Gasteiger partial charge in [-0.2, -0.15) is 5.10 Å². The van der Waals surface area contributed by atoms with Crippen LogP contribution in [0.15, 0.2) is 12.3 Å².